The third-order valence-electron chi connectivity index (χ3n) is 2.60. The van der Waals surface area contributed by atoms with Gasteiger partial charge in [0.1, 0.15) is 0 Å². The zero-order valence-corrected chi connectivity index (χ0v) is 8.51. The van der Waals surface area contributed by atoms with Crippen LogP contribution in [0.5, 0.6) is 0 Å². The summed E-state index contributed by atoms with van der Waals surface area (Å²) >= 11 is 0. The molecule has 4 nitrogen and oxygen atoms in total. The molecular weight excluding hydrogens is 209 g/mol. The van der Waals surface area contributed by atoms with Crippen molar-refractivity contribution in [2.24, 2.45) is 16.8 Å². The van der Waals surface area contributed by atoms with Crippen molar-refractivity contribution in [2.75, 3.05) is 20.1 Å². The number of piperidine rings is 1. The maximum Gasteiger partial charge on any atom is 0.391 e. The van der Waals surface area contributed by atoms with Gasteiger partial charge >= 0.3 is 6.18 Å². The Morgan fingerprint density at radius 2 is 1.93 bits per heavy atom. The molecule has 0 saturated carbocycles. The van der Waals surface area contributed by atoms with Gasteiger partial charge in [0.25, 0.3) is 0 Å². The second-order valence-electron chi connectivity index (χ2n) is 3.49. The lowest BCUT2D eigenvalue weighted by atomic mass is 9.96. The fourth-order valence-corrected chi connectivity index (χ4v) is 1.72. The van der Waals surface area contributed by atoms with Gasteiger partial charge in [-0.25, -0.2) is 5.84 Å². The third kappa shape index (κ3) is 2.98. The molecule has 1 aliphatic rings. The highest BCUT2D eigenvalue weighted by atomic mass is 19.4. The predicted octanol–water partition coefficient (Wildman–Crippen LogP) is 0.710. The number of guanidine groups is 1. The second-order valence-corrected chi connectivity index (χ2v) is 3.49. The van der Waals surface area contributed by atoms with Gasteiger partial charge in [0.15, 0.2) is 0 Å². The molecular formula is C8H15F3N4. The van der Waals surface area contributed by atoms with E-state index in [1.807, 2.05) is 0 Å². The molecule has 1 rings (SSSR count). The minimum atomic E-state index is -4.08. The molecule has 0 unspecified atom stereocenters. The summed E-state index contributed by atoms with van der Waals surface area (Å²) < 4.78 is 37.0. The number of alkyl halides is 3. The summed E-state index contributed by atoms with van der Waals surface area (Å²) in [6.45, 7) is 0.669. The monoisotopic (exact) mass is 224 g/mol. The first-order valence-corrected chi connectivity index (χ1v) is 4.74. The lowest BCUT2D eigenvalue weighted by Gasteiger charge is -2.34. The van der Waals surface area contributed by atoms with Crippen molar-refractivity contribution >= 4 is 5.96 Å². The van der Waals surface area contributed by atoms with Crippen LogP contribution in [0.25, 0.3) is 0 Å². The molecule has 0 bridgehead atoms. The summed E-state index contributed by atoms with van der Waals surface area (Å²) in [5.41, 5.74) is 2.37. The van der Waals surface area contributed by atoms with Gasteiger partial charge < -0.3 is 4.90 Å². The Bertz CT molecular complexity index is 231. The summed E-state index contributed by atoms with van der Waals surface area (Å²) in [7, 11) is 1.55. The van der Waals surface area contributed by atoms with Crippen LogP contribution in [0.3, 0.4) is 0 Å². The van der Waals surface area contributed by atoms with E-state index in [1.54, 1.807) is 11.9 Å². The van der Waals surface area contributed by atoms with Crippen molar-refractivity contribution in [3.05, 3.63) is 0 Å². The van der Waals surface area contributed by atoms with Gasteiger partial charge in [-0.1, -0.05) is 0 Å². The Hall–Kier alpha value is -0.980. The number of nitrogens with two attached hydrogens (primary N) is 1. The van der Waals surface area contributed by atoms with Crippen LogP contribution in [0.15, 0.2) is 4.99 Å². The maximum absolute atomic E-state index is 12.3. The van der Waals surface area contributed by atoms with Crippen LogP contribution in [0.1, 0.15) is 12.8 Å². The minimum Gasteiger partial charge on any atom is -0.342 e. The van der Waals surface area contributed by atoms with E-state index in [4.69, 9.17) is 5.84 Å². The number of nitrogens with zero attached hydrogens (tertiary/aromatic N) is 2. The molecule has 0 atom stereocenters. The topological polar surface area (TPSA) is 53.6 Å². The van der Waals surface area contributed by atoms with Crippen LogP contribution in [0.4, 0.5) is 13.2 Å². The zero-order valence-electron chi connectivity index (χ0n) is 8.51. The first kappa shape index (κ1) is 12.1. The van der Waals surface area contributed by atoms with E-state index in [0.717, 1.165) is 0 Å². The molecule has 0 spiro atoms. The Morgan fingerprint density at radius 3 is 2.27 bits per heavy atom. The van der Waals surface area contributed by atoms with E-state index >= 15 is 0 Å². The quantitative estimate of drug-likeness (QED) is 0.276. The summed E-state index contributed by atoms with van der Waals surface area (Å²) in [5.74, 6) is 4.44. The largest absolute Gasteiger partial charge is 0.391 e. The molecule has 0 aliphatic carbocycles. The molecule has 3 N–H and O–H groups in total. The maximum atomic E-state index is 12.3. The molecule has 0 aromatic heterocycles. The van der Waals surface area contributed by atoms with Crippen molar-refractivity contribution in [3.8, 4) is 0 Å². The molecule has 0 aromatic rings. The van der Waals surface area contributed by atoms with Gasteiger partial charge in [-0.2, -0.15) is 13.2 Å². The molecule has 1 aliphatic heterocycles. The summed E-state index contributed by atoms with van der Waals surface area (Å²) in [6, 6.07) is 0. The fourth-order valence-electron chi connectivity index (χ4n) is 1.72. The Morgan fingerprint density at radius 1 is 1.40 bits per heavy atom. The van der Waals surface area contributed by atoms with Crippen LogP contribution in [-0.4, -0.2) is 37.2 Å². The number of hydrazine groups is 1. The number of hydrogen-bond donors (Lipinski definition) is 2. The van der Waals surface area contributed by atoms with Gasteiger partial charge in [0, 0.05) is 20.1 Å². The molecule has 1 heterocycles. The summed E-state index contributed by atoms with van der Waals surface area (Å²) in [4.78, 5) is 5.57. The SMILES string of the molecule is CN=C(NN)N1CCC(C(F)(F)F)CC1. The molecule has 0 amide bonds. The Kier molecular flexibility index (Phi) is 3.78. The van der Waals surface area contributed by atoms with E-state index in [2.05, 4.69) is 10.4 Å². The first-order chi connectivity index (χ1) is 6.99. The number of aliphatic imine (C=N–C) groups is 1. The number of halogens is 3. The van der Waals surface area contributed by atoms with Crippen LogP contribution >= 0.6 is 0 Å². The lowest BCUT2D eigenvalue weighted by Crippen LogP contribution is -2.49. The number of hydrogen-bond acceptors (Lipinski definition) is 2. The number of likely N-dealkylation sites (tertiary alicyclic amines) is 1. The van der Waals surface area contributed by atoms with E-state index in [9.17, 15) is 13.2 Å². The molecule has 1 fully saturated rings. The highest BCUT2D eigenvalue weighted by Gasteiger charge is 2.41. The van der Waals surface area contributed by atoms with Crippen LogP contribution in [0.2, 0.25) is 0 Å². The molecule has 0 radical (unpaired) electrons. The van der Waals surface area contributed by atoms with Crippen molar-refractivity contribution in [3.63, 3.8) is 0 Å². The van der Waals surface area contributed by atoms with Crippen LogP contribution < -0.4 is 11.3 Å². The van der Waals surface area contributed by atoms with Gasteiger partial charge in [-0.05, 0) is 12.8 Å². The van der Waals surface area contributed by atoms with Crippen LogP contribution in [-0.2, 0) is 0 Å². The molecule has 0 aromatic carbocycles. The standard InChI is InChI=1S/C8H15F3N4/c1-13-7(14-12)15-4-2-6(3-5-15)8(9,10)11/h6H,2-5,12H2,1H3,(H,13,14). The highest BCUT2D eigenvalue weighted by molar-refractivity contribution is 5.79. The summed E-state index contributed by atoms with van der Waals surface area (Å²) in [5, 5.41) is 0. The van der Waals surface area contributed by atoms with Gasteiger partial charge in [0.05, 0.1) is 5.92 Å². The molecule has 7 heteroatoms. The lowest BCUT2D eigenvalue weighted by molar-refractivity contribution is -0.183. The average Bonchev–Trinajstić information content (AvgIpc) is 2.19. The normalized spacial score (nSPS) is 20.6. The van der Waals surface area contributed by atoms with Crippen molar-refractivity contribution in [2.45, 2.75) is 19.0 Å². The third-order valence-corrected chi connectivity index (χ3v) is 2.60. The average molecular weight is 224 g/mol. The zero-order chi connectivity index (χ0) is 11.5. The number of rotatable bonds is 0. The Labute approximate surface area is 86.3 Å². The van der Waals surface area contributed by atoms with E-state index in [0.29, 0.717) is 19.0 Å². The second kappa shape index (κ2) is 4.69. The molecule has 1 saturated heterocycles. The van der Waals surface area contributed by atoms with Crippen LogP contribution in [0, 0.1) is 5.92 Å². The minimum absolute atomic E-state index is 0.101. The van der Waals surface area contributed by atoms with Crippen molar-refractivity contribution in [1.82, 2.24) is 10.3 Å². The van der Waals surface area contributed by atoms with Crippen molar-refractivity contribution < 1.29 is 13.2 Å². The summed E-state index contributed by atoms with van der Waals surface area (Å²) in [6.07, 6.45) is -3.87. The Balaban J connectivity index is 2.49. The van der Waals surface area contributed by atoms with Gasteiger partial charge in [0.2, 0.25) is 5.96 Å². The van der Waals surface area contributed by atoms with Gasteiger partial charge in [-0.15, -0.1) is 0 Å². The highest BCUT2D eigenvalue weighted by Crippen LogP contribution is 2.33. The van der Waals surface area contributed by atoms with Crippen molar-refractivity contribution in [1.29, 1.82) is 0 Å². The van der Waals surface area contributed by atoms with E-state index in [1.165, 1.54) is 0 Å². The van der Waals surface area contributed by atoms with E-state index < -0.39 is 12.1 Å². The predicted molar refractivity (Wildman–Crippen MR) is 51.0 cm³/mol. The molecule has 88 valence electrons. The van der Waals surface area contributed by atoms with Gasteiger partial charge in [-0.3, -0.25) is 10.4 Å². The number of nitrogens with one attached hydrogen (secondary N) is 1. The van der Waals surface area contributed by atoms with E-state index in [-0.39, 0.29) is 12.8 Å². The first-order valence-electron chi connectivity index (χ1n) is 4.74. The smallest absolute Gasteiger partial charge is 0.342 e. The molecule has 15 heavy (non-hydrogen) atoms. The fraction of sp³-hybridized carbons (Fsp3) is 0.875.